The normalized spacial score (nSPS) is 15.5. The number of anilines is 1. The molecular formula is C56H67KN10O7. The summed E-state index contributed by atoms with van der Waals surface area (Å²) in [5.41, 5.74) is 22.4. The summed E-state index contributed by atoms with van der Waals surface area (Å²) in [4.78, 5) is 47.1. The van der Waals surface area contributed by atoms with E-state index in [1.807, 2.05) is 65.3 Å². The fraction of sp³-hybridized carbons (Fsp3) is 0.429. The summed E-state index contributed by atoms with van der Waals surface area (Å²) < 4.78 is 11.0. The Balaban J connectivity index is 0.000000224. The second-order valence-electron chi connectivity index (χ2n) is 19.0. The summed E-state index contributed by atoms with van der Waals surface area (Å²) in [7, 11) is 0. The number of nitrogen functional groups attached to an aromatic ring is 1. The summed E-state index contributed by atoms with van der Waals surface area (Å²) in [5, 5.41) is 31.7. The molecule has 4 aliphatic rings. The number of nitrogens with one attached hydrogen (secondary N) is 1. The fourth-order valence-corrected chi connectivity index (χ4v) is 9.99. The molecular weight excluding hydrogens is 964 g/mol. The van der Waals surface area contributed by atoms with E-state index in [9.17, 15) is 14.4 Å². The van der Waals surface area contributed by atoms with Gasteiger partial charge in [0.1, 0.15) is 0 Å². The summed E-state index contributed by atoms with van der Waals surface area (Å²) >= 11 is 0. The Hall–Kier alpha value is -5.78. The van der Waals surface area contributed by atoms with Crippen LogP contribution in [0.3, 0.4) is 0 Å². The predicted molar refractivity (Wildman–Crippen MR) is 276 cm³/mol. The number of nitrogens with zero attached hydrogens (tertiary/aromatic N) is 7. The van der Waals surface area contributed by atoms with Crippen molar-refractivity contribution >= 4 is 23.7 Å². The van der Waals surface area contributed by atoms with E-state index in [1.54, 1.807) is 19.1 Å². The van der Waals surface area contributed by atoms with Gasteiger partial charge in [0.15, 0.2) is 5.82 Å². The van der Waals surface area contributed by atoms with Crippen molar-refractivity contribution in [3.63, 3.8) is 0 Å². The topological polar surface area (TPSA) is 273 Å². The van der Waals surface area contributed by atoms with E-state index in [-0.39, 0.29) is 81.3 Å². The molecule has 17 nitrogen and oxygen atoms in total. The molecule has 2 saturated carbocycles. The average molecular weight is 1030 g/mol. The van der Waals surface area contributed by atoms with E-state index in [0.717, 1.165) is 92.0 Å². The van der Waals surface area contributed by atoms with Gasteiger partial charge in [0.05, 0.1) is 18.2 Å². The Morgan fingerprint density at radius 2 is 1.20 bits per heavy atom. The van der Waals surface area contributed by atoms with Crippen molar-refractivity contribution in [3.05, 3.63) is 128 Å². The summed E-state index contributed by atoms with van der Waals surface area (Å²) in [6.45, 7) is 11.3. The zero-order valence-electron chi connectivity index (χ0n) is 43.3. The molecule has 10 rings (SSSR count). The minimum absolute atomic E-state index is 0. The molecule has 0 atom stereocenters. The third-order valence-corrected chi connectivity index (χ3v) is 14.2. The van der Waals surface area contributed by atoms with Crippen LogP contribution >= 0.6 is 0 Å². The molecule has 0 radical (unpaired) electrons. The maximum Gasteiger partial charge on any atom is 1.00 e. The maximum absolute atomic E-state index is 13.7. The number of amides is 3. The smallest absolute Gasteiger partial charge is 0.870 e. The van der Waals surface area contributed by atoms with Crippen molar-refractivity contribution in [1.29, 1.82) is 5.26 Å². The van der Waals surface area contributed by atoms with Crippen LogP contribution in [0.2, 0.25) is 0 Å². The van der Waals surface area contributed by atoms with Crippen molar-refractivity contribution < 1.29 is 85.5 Å². The number of hydrogen-bond acceptors (Lipinski definition) is 13. The van der Waals surface area contributed by atoms with Gasteiger partial charge in [0.2, 0.25) is 11.8 Å². The molecule has 0 unspecified atom stereocenters. The molecule has 0 spiro atoms. The van der Waals surface area contributed by atoms with Crippen LogP contribution in [0.15, 0.2) is 77.2 Å². The van der Waals surface area contributed by atoms with Crippen LogP contribution in [-0.2, 0) is 12.8 Å². The van der Waals surface area contributed by atoms with Gasteiger partial charge in [-0.15, -0.1) is 10.2 Å². The molecule has 74 heavy (non-hydrogen) atoms. The molecule has 4 aromatic carbocycles. The second kappa shape index (κ2) is 26.6. The van der Waals surface area contributed by atoms with Crippen LogP contribution in [0.4, 0.5) is 6.01 Å². The number of aromatic nitrogens is 5. The van der Waals surface area contributed by atoms with Gasteiger partial charge in [-0.2, -0.15) is 10.2 Å². The molecule has 2 aromatic heterocycles. The quantitative estimate of drug-likeness (QED) is 0.0982. The molecule has 2 saturated heterocycles. The van der Waals surface area contributed by atoms with E-state index in [0.29, 0.717) is 90.9 Å². The average Bonchev–Trinajstić information content (AvgIpc) is 4.36. The minimum Gasteiger partial charge on any atom is -0.870 e. The van der Waals surface area contributed by atoms with Gasteiger partial charge in [-0.1, -0.05) is 55.3 Å². The van der Waals surface area contributed by atoms with E-state index in [4.69, 9.17) is 31.0 Å². The standard InChI is InChI=1S/C28H33N5O3.C26H27N5O2.C2H6O.K.H2O/c1-3-17-15-22(20-7-8-20)24(26-30-28(32-31-26)36-4-2)16-23(17)27(35)33-13-11-19(12-14-33)18-5-9-21(10-6-18)25(29)34;1-2-17-13-21(20-7-8-20)23(24-29-30-26(28)33-24)14-22(17)25(32)31-11-9-19(10-12-31)18-5-3-16(15-27)4-6-18;1-2-3;;/h5-6,9-10,15-16,19-20H,3-4,7-8,11-14H2,1-2H3,(H2,29,34)(H,30,31,32);3-6,13-14,19-20H,2,7-12H2,1H3,(H2,28,30);3H,2H2,1H3;;1H2/q;;;+1;/p-1. The maximum atomic E-state index is 13.7. The first-order chi connectivity index (χ1) is 35.0. The van der Waals surface area contributed by atoms with E-state index < -0.39 is 5.91 Å². The molecule has 4 heterocycles. The van der Waals surface area contributed by atoms with Crippen molar-refractivity contribution in [3.8, 4) is 34.9 Å². The number of carbonyl (C=O) groups is 3. The monoisotopic (exact) mass is 1030 g/mol. The van der Waals surface area contributed by atoms with Crippen LogP contribution in [0, 0.1) is 11.3 Å². The van der Waals surface area contributed by atoms with Gasteiger partial charge in [0.25, 0.3) is 11.8 Å². The molecule has 18 heteroatoms. The SMILES string of the molecule is CCO.CCOc1n[nH]c(-c2cc(C(=O)N3CCC(c4ccc(C(N)=O)cc4)CC3)c(CC)cc2C2CC2)n1.CCc1cc(C2CC2)c(-c2nnc(N)o2)cc1C(=O)N1CCC(c2ccc(C#N)cc2)CC1.[K+].[OH-]. The van der Waals surface area contributed by atoms with Gasteiger partial charge in [0, 0.05) is 60.6 Å². The number of likely N-dealkylation sites (tertiary alicyclic amines) is 2. The Kier molecular flexibility index (Phi) is 20.7. The van der Waals surface area contributed by atoms with Crippen LogP contribution in [0.25, 0.3) is 22.8 Å². The Morgan fingerprint density at radius 3 is 1.62 bits per heavy atom. The number of aliphatic hydroxyl groups excluding tert-OH is 1. The fourth-order valence-electron chi connectivity index (χ4n) is 9.99. The molecule has 384 valence electrons. The predicted octanol–water partition coefficient (Wildman–Crippen LogP) is 5.90. The first-order valence-electron chi connectivity index (χ1n) is 25.5. The van der Waals surface area contributed by atoms with E-state index >= 15 is 0 Å². The van der Waals surface area contributed by atoms with Gasteiger partial charge in [-0.05, 0) is 172 Å². The van der Waals surface area contributed by atoms with Crippen LogP contribution in [-0.4, -0.2) is 103 Å². The number of aliphatic hydroxyl groups is 1. The van der Waals surface area contributed by atoms with Crippen molar-refractivity contribution in [2.75, 3.05) is 45.1 Å². The molecule has 6 aromatic rings. The third-order valence-electron chi connectivity index (χ3n) is 14.2. The second-order valence-corrected chi connectivity index (χ2v) is 19.0. The molecule has 0 bridgehead atoms. The number of aryl methyl sites for hydroxylation is 2. The number of rotatable bonds is 13. The number of primary amides is 1. The zero-order chi connectivity index (χ0) is 50.9. The largest absolute Gasteiger partial charge is 1.00 e. The first kappa shape index (κ1) is 57.5. The van der Waals surface area contributed by atoms with Gasteiger partial charge < -0.3 is 41.0 Å². The van der Waals surface area contributed by atoms with Crippen molar-refractivity contribution in [2.45, 2.75) is 116 Å². The summed E-state index contributed by atoms with van der Waals surface area (Å²) in [6.07, 6.45) is 9.75. The Morgan fingerprint density at radius 1 is 0.730 bits per heavy atom. The minimum atomic E-state index is -0.416. The molecule has 3 amide bonds. The number of ether oxygens (including phenoxy) is 1. The molecule has 2 aliphatic carbocycles. The van der Waals surface area contributed by atoms with Crippen LogP contribution < -0.4 is 67.6 Å². The number of piperidine rings is 2. The number of benzene rings is 4. The first-order valence-corrected chi connectivity index (χ1v) is 25.5. The number of aromatic amines is 1. The van der Waals surface area contributed by atoms with Crippen LogP contribution in [0.5, 0.6) is 6.01 Å². The van der Waals surface area contributed by atoms with E-state index in [1.165, 1.54) is 22.3 Å². The van der Waals surface area contributed by atoms with Gasteiger partial charge in [-0.25, -0.2) is 0 Å². The zero-order valence-corrected chi connectivity index (χ0v) is 46.4. The molecule has 4 fully saturated rings. The number of nitrogens with two attached hydrogens (primary N) is 2. The summed E-state index contributed by atoms with van der Waals surface area (Å²) in [6, 6.07) is 26.2. The third kappa shape index (κ3) is 13.7. The Bertz CT molecular complexity index is 2890. The number of hydrogen-bond donors (Lipinski definition) is 4. The van der Waals surface area contributed by atoms with Gasteiger partial charge in [-0.3, -0.25) is 19.5 Å². The number of carbonyl (C=O) groups excluding carboxylic acids is 3. The van der Waals surface area contributed by atoms with E-state index in [2.05, 4.69) is 57.4 Å². The number of nitriles is 1. The Labute approximate surface area is 475 Å². The number of H-pyrrole nitrogens is 1. The van der Waals surface area contributed by atoms with Gasteiger partial charge >= 0.3 is 63.4 Å². The van der Waals surface area contributed by atoms with Crippen LogP contribution in [0.1, 0.15) is 173 Å². The molecule has 7 N–H and O–H groups in total. The summed E-state index contributed by atoms with van der Waals surface area (Å²) in [5.74, 6) is 2.49. The van der Waals surface area contributed by atoms with Crippen molar-refractivity contribution in [2.24, 2.45) is 5.73 Å². The molecule has 2 aliphatic heterocycles. The van der Waals surface area contributed by atoms with Crippen molar-refractivity contribution in [1.82, 2.24) is 35.2 Å².